The Hall–Kier alpha value is -3.92. The number of rotatable bonds is 9. The number of allylic oxidation sites excluding steroid dienone is 3. The first-order chi connectivity index (χ1) is 19.0. The van der Waals surface area contributed by atoms with E-state index in [0.717, 1.165) is 36.0 Å². The van der Waals surface area contributed by atoms with E-state index in [2.05, 4.69) is 107 Å². The molecule has 0 saturated heterocycles. The summed E-state index contributed by atoms with van der Waals surface area (Å²) in [6, 6.07) is 21.9. The van der Waals surface area contributed by atoms with Crippen LogP contribution in [-0.4, -0.2) is 24.8 Å². The second kappa shape index (κ2) is 12.3. The fourth-order valence-electron chi connectivity index (χ4n) is 5.45. The van der Waals surface area contributed by atoms with Gasteiger partial charge in [-0.25, -0.2) is 4.98 Å². The lowest BCUT2D eigenvalue weighted by Crippen LogP contribution is -2.28. The topological polar surface area (TPSA) is 31.7 Å². The van der Waals surface area contributed by atoms with E-state index in [1.807, 2.05) is 31.4 Å². The number of nitrogens with zero attached hydrogens (tertiary/aromatic N) is 4. The Balaban J connectivity index is 1.38. The van der Waals surface area contributed by atoms with E-state index in [0.29, 0.717) is 5.92 Å². The zero-order chi connectivity index (χ0) is 27.2. The van der Waals surface area contributed by atoms with Gasteiger partial charge in [-0.1, -0.05) is 74.9 Å². The number of hydrogen-bond donors (Lipinski definition) is 0. The molecule has 200 valence electrons. The fraction of sp³-hybridized carbons (Fsp3) is 0.314. The van der Waals surface area contributed by atoms with Crippen LogP contribution in [0.1, 0.15) is 50.2 Å². The molecule has 1 aliphatic heterocycles. The summed E-state index contributed by atoms with van der Waals surface area (Å²) in [6.07, 6.45) is 16.1. The van der Waals surface area contributed by atoms with E-state index in [9.17, 15) is 0 Å². The Bertz CT molecular complexity index is 1350. The molecule has 39 heavy (non-hydrogen) atoms. The molecule has 2 aromatic carbocycles. The molecular weight excluding hydrogens is 476 g/mol. The van der Waals surface area contributed by atoms with Gasteiger partial charge in [0.15, 0.2) is 0 Å². The molecule has 0 spiro atoms. The van der Waals surface area contributed by atoms with Gasteiger partial charge in [-0.2, -0.15) is 0 Å². The lowest BCUT2D eigenvalue weighted by atomic mass is 9.81. The minimum Gasteiger partial charge on any atom is -0.363 e. The largest absolute Gasteiger partial charge is 0.363 e. The number of pyridine rings is 1. The van der Waals surface area contributed by atoms with Gasteiger partial charge in [0.25, 0.3) is 0 Å². The summed E-state index contributed by atoms with van der Waals surface area (Å²) in [7, 11) is 4.02. The van der Waals surface area contributed by atoms with E-state index in [4.69, 9.17) is 0 Å². The minimum atomic E-state index is 0.528. The highest BCUT2D eigenvalue weighted by molar-refractivity contribution is 6.00. The maximum Gasteiger partial charge on any atom is 0.127 e. The predicted octanol–water partition coefficient (Wildman–Crippen LogP) is 8.53. The van der Waals surface area contributed by atoms with Crippen LogP contribution in [0.2, 0.25) is 0 Å². The van der Waals surface area contributed by atoms with Crippen LogP contribution >= 0.6 is 0 Å². The summed E-state index contributed by atoms with van der Waals surface area (Å²) >= 11 is 0. The van der Waals surface area contributed by atoms with Crippen molar-refractivity contribution in [1.29, 1.82) is 0 Å². The average molecular weight is 517 g/mol. The van der Waals surface area contributed by atoms with Crippen molar-refractivity contribution in [3.63, 3.8) is 0 Å². The Morgan fingerprint density at radius 2 is 1.72 bits per heavy atom. The Labute approximate surface area is 234 Å². The van der Waals surface area contributed by atoms with E-state index in [1.165, 1.54) is 53.8 Å². The number of hydrogen-bond acceptors (Lipinski definition) is 4. The lowest BCUT2D eigenvalue weighted by molar-refractivity contribution is 0.316. The third-order valence-electron chi connectivity index (χ3n) is 7.99. The van der Waals surface area contributed by atoms with Gasteiger partial charge in [0.05, 0.1) is 0 Å². The molecule has 2 aliphatic rings. The van der Waals surface area contributed by atoms with Gasteiger partial charge in [0.2, 0.25) is 0 Å². The Kier molecular flexibility index (Phi) is 8.41. The Morgan fingerprint density at radius 3 is 2.38 bits per heavy atom. The summed E-state index contributed by atoms with van der Waals surface area (Å²) < 4.78 is 0. The van der Waals surface area contributed by atoms with Gasteiger partial charge in [0.1, 0.15) is 5.82 Å². The Morgan fingerprint density at radius 1 is 0.949 bits per heavy atom. The molecule has 0 amide bonds. The zero-order valence-electron chi connectivity index (χ0n) is 23.6. The standard InChI is InChI=1S/C35H40N4/c1-26-10-15-30(16-11-26)27(2)39(34-9-5-7-28(23-34)14-20-33-8-6-22-36-33)25-29-12-17-31(18-13-29)32-19-21-35(37-24-32)38(3)4/h5-7,9,12-14,17-24,26,30H,2,8,10-11,15-16,25H2,1,3-4H3/b20-14+. The molecule has 2 heterocycles. The maximum atomic E-state index is 4.67. The fourth-order valence-corrected chi connectivity index (χ4v) is 5.45. The van der Waals surface area contributed by atoms with Crippen LogP contribution in [0.25, 0.3) is 17.2 Å². The van der Waals surface area contributed by atoms with Crippen molar-refractivity contribution in [2.75, 3.05) is 23.9 Å². The van der Waals surface area contributed by atoms with Gasteiger partial charge < -0.3 is 9.80 Å². The molecule has 4 nitrogen and oxygen atoms in total. The molecule has 0 N–H and O–H groups in total. The van der Waals surface area contributed by atoms with Crippen LogP contribution in [0.4, 0.5) is 11.5 Å². The van der Waals surface area contributed by atoms with Crippen molar-refractivity contribution in [2.24, 2.45) is 16.8 Å². The van der Waals surface area contributed by atoms with Crippen molar-refractivity contribution < 1.29 is 0 Å². The van der Waals surface area contributed by atoms with E-state index in [1.54, 1.807) is 0 Å². The highest BCUT2D eigenvalue weighted by atomic mass is 15.1. The van der Waals surface area contributed by atoms with E-state index in [-0.39, 0.29) is 0 Å². The SMILES string of the molecule is C=C(C1CCC(C)CC1)N(Cc1ccc(-c2ccc(N(C)C)nc2)cc1)c1cccc(/C=C/C2=NC=CC2)c1. The first-order valence-electron chi connectivity index (χ1n) is 14.1. The van der Waals surface area contributed by atoms with Crippen molar-refractivity contribution >= 4 is 23.3 Å². The molecule has 4 heteroatoms. The molecule has 0 atom stereocenters. The number of benzene rings is 2. The van der Waals surface area contributed by atoms with Crippen LogP contribution in [0.5, 0.6) is 0 Å². The third kappa shape index (κ3) is 6.75. The molecule has 0 bridgehead atoms. The van der Waals surface area contributed by atoms with Gasteiger partial charge in [-0.05, 0) is 71.7 Å². The molecule has 5 rings (SSSR count). The van der Waals surface area contributed by atoms with E-state index < -0.39 is 0 Å². The third-order valence-corrected chi connectivity index (χ3v) is 7.99. The maximum absolute atomic E-state index is 4.67. The molecule has 1 fully saturated rings. The zero-order valence-corrected chi connectivity index (χ0v) is 23.6. The van der Waals surface area contributed by atoms with Crippen molar-refractivity contribution in [2.45, 2.75) is 45.6 Å². The van der Waals surface area contributed by atoms with Crippen LogP contribution < -0.4 is 9.80 Å². The summed E-state index contributed by atoms with van der Waals surface area (Å²) in [4.78, 5) is 13.5. The van der Waals surface area contributed by atoms with E-state index >= 15 is 0 Å². The highest BCUT2D eigenvalue weighted by Gasteiger charge is 2.25. The minimum absolute atomic E-state index is 0.528. The summed E-state index contributed by atoms with van der Waals surface area (Å²) in [5.41, 5.74) is 8.30. The van der Waals surface area contributed by atoms with Crippen molar-refractivity contribution in [3.8, 4) is 11.1 Å². The molecule has 1 saturated carbocycles. The number of anilines is 2. The summed E-state index contributed by atoms with van der Waals surface area (Å²) in [5, 5.41) is 0. The molecule has 0 radical (unpaired) electrons. The quantitative estimate of drug-likeness (QED) is 0.286. The smallest absolute Gasteiger partial charge is 0.127 e. The van der Waals surface area contributed by atoms with Gasteiger partial charge in [0, 0.05) is 62.1 Å². The number of aromatic nitrogens is 1. The lowest BCUT2D eigenvalue weighted by Gasteiger charge is -2.35. The number of aliphatic imine (C=N–C) groups is 1. The van der Waals surface area contributed by atoms with Crippen LogP contribution in [0.3, 0.4) is 0 Å². The molecule has 3 aromatic rings. The van der Waals surface area contributed by atoms with Crippen LogP contribution in [-0.2, 0) is 6.54 Å². The normalized spacial score (nSPS) is 18.8. The first kappa shape index (κ1) is 26.7. The second-order valence-electron chi connectivity index (χ2n) is 11.2. The average Bonchev–Trinajstić information content (AvgIpc) is 3.49. The predicted molar refractivity (Wildman–Crippen MR) is 167 cm³/mol. The summed E-state index contributed by atoms with van der Waals surface area (Å²) in [5.74, 6) is 2.31. The summed E-state index contributed by atoms with van der Waals surface area (Å²) in [6.45, 7) is 7.85. The van der Waals surface area contributed by atoms with Crippen molar-refractivity contribution in [1.82, 2.24) is 4.98 Å². The monoisotopic (exact) mass is 516 g/mol. The second-order valence-corrected chi connectivity index (χ2v) is 11.2. The van der Waals surface area contributed by atoms with Crippen molar-refractivity contribution in [3.05, 3.63) is 109 Å². The highest BCUT2D eigenvalue weighted by Crippen LogP contribution is 2.36. The molecule has 0 unspecified atom stereocenters. The molecular formula is C35H40N4. The molecule has 1 aromatic heterocycles. The van der Waals surface area contributed by atoms with Crippen LogP contribution in [0.15, 0.2) is 102 Å². The van der Waals surface area contributed by atoms with Gasteiger partial charge in [-0.3, -0.25) is 4.99 Å². The van der Waals surface area contributed by atoms with Gasteiger partial charge >= 0.3 is 0 Å². The molecule has 1 aliphatic carbocycles. The van der Waals surface area contributed by atoms with Crippen LogP contribution in [0, 0.1) is 11.8 Å². The first-order valence-corrected chi connectivity index (χ1v) is 14.1. The van der Waals surface area contributed by atoms with Gasteiger partial charge in [-0.15, -0.1) is 0 Å².